The number of halogens is 1. The molecule has 1 aromatic rings. The molecule has 1 aliphatic carbocycles. The van der Waals surface area contributed by atoms with E-state index >= 15 is 0 Å². The van der Waals surface area contributed by atoms with Crippen molar-refractivity contribution in [3.05, 3.63) is 30.1 Å². The van der Waals surface area contributed by atoms with E-state index in [1.54, 1.807) is 12.1 Å². The molecule has 1 unspecified atom stereocenters. The molecule has 3 heteroatoms. The minimum absolute atomic E-state index is 0.162. The second-order valence-electron chi connectivity index (χ2n) is 5.14. The summed E-state index contributed by atoms with van der Waals surface area (Å²) in [4.78, 5) is 2.20. The first-order valence-electron chi connectivity index (χ1n) is 6.94. The van der Waals surface area contributed by atoms with Gasteiger partial charge in [0.1, 0.15) is 5.82 Å². The molecule has 0 aromatic heterocycles. The lowest BCUT2D eigenvalue weighted by atomic mass is 10.2. The largest absolute Gasteiger partial charge is 0.370 e. The fourth-order valence-electron chi connectivity index (χ4n) is 2.33. The maximum atomic E-state index is 13.2. The first-order chi connectivity index (χ1) is 8.70. The van der Waals surface area contributed by atoms with Crippen molar-refractivity contribution in [2.45, 2.75) is 32.7 Å². The Hall–Kier alpha value is -1.09. The number of hydrogen-bond acceptors (Lipinski definition) is 2. The van der Waals surface area contributed by atoms with Crippen molar-refractivity contribution in [2.24, 2.45) is 5.92 Å². The van der Waals surface area contributed by atoms with Gasteiger partial charge in [-0.15, -0.1) is 0 Å². The van der Waals surface area contributed by atoms with E-state index in [2.05, 4.69) is 24.1 Å². The molecule has 0 amide bonds. The molecule has 0 radical (unpaired) electrons. The molecule has 1 fully saturated rings. The first-order valence-corrected chi connectivity index (χ1v) is 6.94. The van der Waals surface area contributed by atoms with Crippen LogP contribution in [0.15, 0.2) is 24.3 Å². The molecule has 18 heavy (non-hydrogen) atoms. The highest BCUT2D eigenvalue weighted by atomic mass is 19.1. The summed E-state index contributed by atoms with van der Waals surface area (Å²) in [5.41, 5.74) is 0.971. The third kappa shape index (κ3) is 3.70. The zero-order chi connectivity index (χ0) is 13.0. The fourth-order valence-corrected chi connectivity index (χ4v) is 2.33. The van der Waals surface area contributed by atoms with Gasteiger partial charge in [0.05, 0.1) is 0 Å². The number of nitrogens with one attached hydrogen (secondary N) is 1. The summed E-state index contributed by atoms with van der Waals surface area (Å²) in [5, 5.41) is 3.56. The van der Waals surface area contributed by atoms with Crippen LogP contribution in [0.25, 0.3) is 0 Å². The van der Waals surface area contributed by atoms with Crippen molar-refractivity contribution < 1.29 is 4.39 Å². The van der Waals surface area contributed by atoms with E-state index in [1.807, 2.05) is 6.07 Å². The van der Waals surface area contributed by atoms with Crippen LogP contribution < -0.4 is 10.2 Å². The van der Waals surface area contributed by atoms with Gasteiger partial charge in [0.15, 0.2) is 0 Å². The molecule has 1 N–H and O–H groups in total. The van der Waals surface area contributed by atoms with E-state index in [0.29, 0.717) is 6.04 Å². The van der Waals surface area contributed by atoms with Gasteiger partial charge in [-0.1, -0.05) is 6.07 Å². The van der Waals surface area contributed by atoms with Crippen LogP contribution in [0.5, 0.6) is 0 Å². The van der Waals surface area contributed by atoms with Crippen LogP contribution in [0.3, 0.4) is 0 Å². The molecule has 1 saturated carbocycles. The topological polar surface area (TPSA) is 15.3 Å². The lowest BCUT2D eigenvalue weighted by molar-refractivity contribution is 0.498. The van der Waals surface area contributed by atoms with Gasteiger partial charge < -0.3 is 10.2 Å². The van der Waals surface area contributed by atoms with Crippen LogP contribution in [-0.4, -0.2) is 25.7 Å². The number of hydrogen-bond donors (Lipinski definition) is 1. The predicted molar refractivity (Wildman–Crippen MR) is 74.5 cm³/mol. The van der Waals surface area contributed by atoms with Gasteiger partial charge in [-0.3, -0.25) is 0 Å². The molecular formula is C15H23FN2. The second-order valence-corrected chi connectivity index (χ2v) is 5.14. The van der Waals surface area contributed by atoms with Gasteiger partial charge in [-0.05, 0) is 50.8 Å². The van der Waals surface area contributed by atoms with Gasteiger partial charge >= 0.3 is 0 Å². The summed E-state index contributed by atoms with van der Waals surface area (Å²) in [6, 6.07) is 7.46. The summed E-state index contributed by atoms with van der Waals surface area (Å²) in [6.07, 6.45) is 2.74. The van der Waals surface area contributed by atoms with Crippen molar-refractivity contribution in [1.29, 1.82) is 0 Å². The molecule has 1 aromatic carbocycles. The molecule has 0 heterocycles. The minimum atomic E-state index is -0.162. The number of anilines is 1. The highest BCUT2D eigenvalue weighted by Crippen LogP contribution is 2.32. The Labute approximate surface area is 109 Å². The smallest absolute Gasteiger partial charge is 0.125 e. The van der Waals surface area contributed by atoms with Gasteiger partial charge in [0.2, 0.25) is 0 Å². The van der Waals surface area contributed by atoms with Crippen molar-refractivity contribution in [3.63, 3.8) is 0 Å². The zero-order valence-corrected chi connectivity index (χ0v) is 11.3. The summed E-state index contributed by atoms with van der Waals surface area (Å²) in [7, 11) is 0. The van der Waals surface area contributed by atoms with E-state index < -0.39 is 0 Å². The monoisotopic (exact) mass is 250 g/mol. The molecule has 2 rings (SSSR count). The molecule has 0 saturated heterocycles. The zero-order valence-electron chi connectivity index (χ0n) is 11.3. The van der Waals surface area contributed by atoms with Gasteiger partial charge in [0, 0.05) is 31.4 Å². The van der Waals surface area contributed by atoms with Crippen LogP contribution in [-0.2, 0) is 0 Å². The van der Waals surface area contributed by atoms with Crippen LogP contribution in [0.4, 0.5) is 10.1 Å². The maximum absolute atomic E-state index is 13.2. The second kappa shape index (κ2) is 6.19. The van der Waals surface area contributed by atoms with Gasteiger partial charge in [-0.25, -0.2) is 4.39 Å². The SMILES string of the molecule is CCN(CCNC(C)C1CC1)c1cccc(F)c1. The summed E-state index contributed by atoms with van der Waals surface area (Å²) >= 11 is 0. The molecule has 2 nitrogen and oxygen atoms in total. The molecule has 1 atom stereocenters. The lowest BCUT2D eigenvalue weighted by Crippen LogP contribution is -2.36. The Morgan fingerprint density at radius 3 is 2.83 bits per heavy atom. The average Bonchev–Trinajstić information content (AvgIpc) is 3.18. The third-order valence-electron chi connectivity index (χ3n) is 3.73. The van der Waals surface area contributed by atoms with Crippen molar-refractivity contribution in [2.75, 3.05) is 24.5 Å². The minimum Gasteiger partial charge on any atom is -0.370 e. The molecule has 0 aliphatic heterocycles. The fraction of sp³-hybridized carbons (Fsp3) is 0.600. The predicted octanol–water partition coefficient (Wildman–Crippen LogP) is 3.04. The standard InChI is InChI=1S/C15H23FN2/c1-3-18(15-6-4-5-14(16)11-15)10-9-17-12(2)13-7-8-13/h4-6,11-13,17H,3,7-10H2,1-2H3. The summed E-state index contributed by atoms with van der Waals surface area (Å²) in [6.45, 7) is 7.16. The normalized spacial score (nSPS) is 16.6. The summed E-state index contributed by atoms with van der Waals surface area (Å²) in [5.74, 6) is 0.722. The van der Waals surface area contributed by atoms with Crippen LogP contribution in [0.1, 0.15) is 26.7 Å². The Balaban J connectivity index is 1.81. The van der Waals surface area contributed by atoms with E-state index in [-0.39, 0.29) is 5.82 Å². The molecule has 0 spiro atoms. The van der Waals surface area contributed by atoms with Crippen molar-refractivity contribution in [3.8, 4) is 0 Å². The highest BCUT2D eigenvalue weighted by Gasteiger charge is 2.27. The van der Waals surface area contributed by atoms with E-state index in [1.165, 1.54) is 18.9 Å². The number of benzene rings is 1. The van der Waals surface area contributed by atoms with Gasteiger partial charge in [-0.2, -0.15) is 0 Å². The lowest BCUT2D eigenvalue weighted by Gasteiger charge is -2.24. The maximum Gasteiger partial charge on any atom is 0.125 e. The van der Waals surface area contributed by atoms with Crippen LogP contribution in [0, 0.1) is 11.7 Å². The third-order valence-corrected chi connectivity index (χ3v) is 3.73. The molecule has 0 bridgehead atoms. The molecular weight excluding hydrogens is 227 g/mol. The van der Waals surface area contributed by atoms with E-state index in [0.717, 1.165) is 31.2 Å². The molecule has 100 valence electrons. The number of rotatable bonds is 7. The Morgan fingerprint density at radius 1 is 1.44 bits per heavy atom. The summed E-state index contributed by atoms with van der Waals surface area (Å²) < 4.78 is 13.2. The Kier molecular flexibility index (Phi) is 4.59. The molecule has 1 aliphatic rings. The number of likely N-dealkylation sites (N-methyl/N-ethyl adjacent to an activating group) is 1. The average molecular weight is 250 g/mol. The van der Waals surface area contributed by atoms with E-state index in [4.69, 9.17) is 0 Å². The highest BCUT2D eigenvalue weighted by molar-refractivity contribution is 5.46. The first kappa shape index (κ1) is 13.3. The van der Waals surface area contributed by atoms with Crippen molar-refractivity contribution >= 4 is 5.69 Å². The number of nitrogens with zero attached hydrogens (tertiary/aromatic N) is 1. The van der Waals surface area contributed by atoms with Crippen molar-refractivity contribution in [1.82, 2.24) is 5.32 Å². The Bertz CT molecular complexity index is 377. The Morgan fingerprint density at radius 2 is 2.22 bits per heavy atom. The van der Waals surface area contributed by atoms with E-state index in [9.17, 15) is 4.39 Å². The quantitative estimate of drug-likeness (QED) is 0.800. The van der Waals surface area contributed by atoms with Gasteiger partial charge in [0.25, 0.3) is 0 Å². The van der Waals surface area contributed by atoms with Crippen LogP contribution in [0.2, 0.25) is 0 Å². The van der Waals surface area contributed by atoms with Crippen LogP contribution >= 0.6 is 0 Å².